The molecule has 4 heteroatoms. The number of hydrogen-bond donors (Lipinski definition) is 2. The number of benzene rings is 1. The summed E-state index contributed by atoms with van der Waals surface area (Å²) >= 11 is 0. The molecule has 0 atom stereocenters. The molecule has 3 N–H and O–H groups in total. The van der Waals surface area contributed by atoms with Crippen molar-refractivity contribution in [3.05, 3.63) is 41.9 Å². The SMILES string of the molecule is CCc1ncc(NCCCN)c(-c2ccccc2C)n1. The predicted octanol–water partition coefficient (Wildman–Crippen LogP) is 2.78. The molecule has 106 valence electrons. The highest BCUT2D eigenvalue weighted by atomic mass is 15.0. The van der Waals surface area contributed by atoms with Crippen molar-refractivity contribution in [2.75, 3.05) is 18.4 Å². The van der Waals surface area contributed by atoms with Gasteiger partial charge >= 0.3 is 0 Å². The standard InChI is InChI=1S/C16H22N4/c1-3-15-19-11-14(18-10-6-9-17)16(20-15)13-8-5-4-7-12(13)2/h4-5,7-8,11,18H,3,6,9-10,17H2,1-2H3. The molecule has 0 aliphatic carbocycles. The Labute approximate surface area is 120 Å². The molecule has 0 saturated carbocycles. The van der Waals surface area contributed by atoms with Crippen LogP contribution in [0, 0.1) is 6.92 Å². The van der Waals surface area contributed by atoms with Gasteiger partial charge in [0, 0.05) is 18.5 Å². The second kappa shape index (κ2) is 7.01. The summed E-state index contributed by atoms with van der Waals surface area (Å²) in [6, 6.07) is 8.29. The van der Waals surface area contributed by atoms with E-state index in [1.54, 1.807) is 0 Å². The molecule has 1 aromatic carbocycles. The zero-order valence-corrected chi connectivity index (χ0v) is 12.2. The Morgan fingerprint density at radius 3 is 2.75 bits per heavy atom. The van der Waals surface area contributed by atoms with E-state index in [1.807, 2.05) is 18.3 Å². The van der Waals surface area contributed by atoms with E-state index in [-0.39, 0.29) is 0 Å². The smallest absolute Gasteiger partial charge is 0.128 e. The van der Waals surface area contributed by atoms with E-state index in [0.29, 0.717) is 6.54 Å². The second-order valence-electron chi connectivity index (χ2n) is 4.79. The molecule has 1 aromatic heterocycles. The van der Waals surface area contributed by atoms with Crippen molar-refractivity contribution in [3.8, 4) is 11.3 Å². The first-order valence-corrected chi connectivity index (χ1v) is 7.12. The fourth-order valence-electron chi connectivity index (χ4n) is 2.09. The van der Waals surface area contributed by atoms with Crippen LogP contribution in [-0.4, -0.2) is 23.1 Å². The van der Waals surface area contributed by atoms with Gasteiger partial charge in [-0.2, -0.15) is 0 Å². The Hall–Kier alpha value is -1.94. The van der Waals surface area contributed by atoms with E-state index in [1.165, 1.54) is 5.56 Å². The molecule has 0 aliphatic heterocycles. The van der Waals surface area contributed by atoms with E-state index in [2.05, 4.69) is 36.3 Å². The van der Waals surface area contributed by atoms with Crippen molar-refractivity contribution >= 4 is 5.69 Å². The van der Waals surface area contributed by atoms with Crippen LogP contribution in [0.25, 0.3) is 11.3 Å². The van der Waals surface area contributed by atoms with Crippen molar-refractivity contribution in [3.63, 3.8) is 0 Å². The molecule has 0 aliphatic rings. The van der Waals surface area contributed by atoms with Crippen LogP contribution < -0.4 is 11.1 Å². The number of nitrogens with one attached hydrogen (secondary N) is 1. The van der Waals surface area contributed by atoms with Crippen LogP contribution in [0.15, 0.2) is 30.5 Å². The van der Waals surface area contributed by atoms with Crippen molar-refractivity contribution in [2.24, 2.45) is 5.73 Å². The van der Waals surface area contributed by atoms with Crippen molar-refractivity contribution in [1.82, 2.24) is 9.97 Å². The molecule has 20 heavy (non-hydrogen) atoms. The number of anilines is 1. The lowest BCUT2D eigenvalue weighted by Crippen LogP contribution is -2.10. The zero-order valence-electron chi connectivity index (χ0n) is 12.2. The summed E-state index contributed by atoms with van der Waals surface area (Å²) in [4.78, 5) is 9.08. The Kier molecular flexibility index (Phi) is 5.07. The lowest BCUT2D eigenvalue weighted by molar-refractivity contribution is 0.869. The first-order valence-electron chi connectivity index (χ1n) is 7.12. The topological polar surface area (TPSA) is 63.8 Å². The maximum atomic E-state index is 5.54. The fraction of sp³-hybridized carbons (Fsp3) is 0.375. The molecule has 2 rings (SSSR count). The van der Waals surface area contributed by atoms with Gasteiger partial charge in [-0.15, -0.1) is 0 Å². The molecule has 0 fully saturated rings. The fourth-order valence-corrected chi connectivity index (χ4v) is 2.09. The quantitative estimate of drug-likeness (QED) is 0.792. The van der Waals surface area contributed by atoms with E-state index >= 15 is 0 Å². The van der Waals surface area contributed by atoms with Gasteiger partial charge in [0.1, 0.15) is 5.82 Å². The first-order chi connectivity index (χ1) is 9.76. The van der Waals surface area contributed by atoms with Gasteiger partial charge in [-0.3, -0.25) is 0 Å². The maximum absolute atomic E-state index is 5.54. The van der Waals surface area contributed by atoms with Crippen LogP contribution in [0.3, 0.4) is 0 Å². The predicted molar refractivity (Wildman–Crippen MR) is 83.7 cm³/mol. The van der Waals surface area contributed by atoms with Gasteiger partial charge in [0.2, 0.25) is 0 Å². The number of aryl methyl sites for hydroxylation is 2. The van der Waals surface area contributed by atoms with Crippen LogP contribution in [-0.2, 0) is 6.42 Å². The molecule has 4 nitrogen and oxygen atoms in total. The highest BCUT2D eigenvalue weighted by Gasteiger charge is 2.10. The van der Waals surface area contributed by atoms with Gasteiger partial charge in [-0.25, -0.2) is 9.97 Å². The molecule has 0 amide bonds. The highest BCUT2D eigenvalue weighted by molar-refractivity contribution is 5.75. The molecule has 0 bridgehead atoms. The van der Waals surface area contributed by atoms with Gasteiger partial charge in [0.05, 0.1) is 17.6 Å². The monoisotopic (exact) mass is 270 g/mol. The van der Waals surface area contributed by atoms with Crippen molar-refractivity contribution < 1.29 is 0 Å². The number of aromatic nitrogens is 2. The number of nitrogens with two attached hydrogens (primary N) is 1. The molecular weight excluding hydrogens is 248 g/mol. The summed E-state index contributed by atoms with van der Waals surface area (Å²) in [5, 5.41) is 3.39. The first kappa shape index (κ1) is 14.5. The summed E-state index contributed by atoms with van der Waals surface area (Å²) in [5.74, 6) is 0.868. The summed E-state index contributed by atoms with van der Waals surface area (Å²) in [6.45, 7) is 5.69. The summed E-state index contributed by atoms with van der Waals surface area (Å²) in [6.07, 6.45) is 3.65. The average molecular weight is 270 g/mol. The highest BCUT2D eigenvalue weighted by Crippen LogP contribution is 2.28. The summed E-state index contributed by atoms with van der Waals surface area (Å²) in [5.41, 5.74) is 9.87. The third kappa shape index (κ3) is 3.33. The van der Waals surface area contributed by atoms with E-state index in [9.17, 15) is 0 Å². The van der Waals surface area contributed by atoms with E-state index in [4.69, 9.17) is 10.7 Å². The number of rotatable bonds is 6. The van der Waals surface area contributed by atoms with Gasteiger partial charge in [-0.05, 0) is 25.5 Å². The minimum absolute atomic E-state index is 0.681. The molecule has 0 radical (unpaired) electrons. The average Bonchev–Trinajstić information content (AvgIpc) is 2.48. The zero-order chi connectivity index (χ0) is 14.4. The Morgan fingerprint density at radius 1 is 1.25 bits per heavy atom. The third-order valence-electron chi connectivity index (χ3n) is 3.25. The lowest BCUT2D eigenvalue weighted by Gasteiger charge is -2.13. The van der Waals surface area contributed by atoms with Gasteiger partial charge in [0.15, 0.2) is 0 Å². The van der Waals surface area contributed by atoms with Crippen LogP contribution >= 0.6 is 0 Å². The minimum atomic E-state index is 0.681. The number of hydrogen-bond acceptors (Lipinski definition) is 4. The molecule has 1 heterocycles. The lowest BCUT2D eigenvalue weighted by atomic mass is 10.0. The van der Waals surface area contributed by atoms with Crippen molar-refractivity contribution in [2.45, 2.75) is 26.7 Å². The molecule has 2 aromatic rings. The van der Waals surface area contributed by atoms with Crippen LogP contribution in [0.5, 0.6) is 0 Å². The van der Waals surface area contributed by atoms with Crippen LogP contribution in [0.2, 0.25) is 0 Å². The van der Waals surface area contributed by atoms with Crippen LogP contribution in [0.1, 0.15) is 24.7 Å². The minimum Gasteiger partial charge on any atom is -0.382 e. The third-order valence-corrected chi connectivity index (χ3v) is 3.25. The Balaban J connectivity index is 2.39. The van der Waals surface area contributed by atoms with Crippen molar-refractivity contribution in [1.29, 1.82) is 0 Å². The summed E-state index contributed by atoms with van der Waals surface area (Å²) < 4.78 is 0. The van der Waals surface area contributed by atoms with Crippen LogP contribution in [0.4, 0.5) is 5.69 Å². The Morgan fingerprint density at radius 2 is 2.05 bits per heavy atom. The van der Waals surface area contributed by atoms with Gasteiger partial charge in [0.25, 0.3) is 0 Å². The van der Waals surface area contributed by atoms with E-state index < -0.39 is 0 Å². The summed E-state index contributed by atoms with van der Waals surface area (Å²) in [7, 11) is 0. The Bertz CT molecular complexity index is 566. The van der Waals surface area contributed by atoms with E-state index in [0.717, 1.165) is 42.2 Å². The molecule has 0 saturated heterocycles. The van der Waals surface area contributed by atoms with Gasteiger partial charge < -0.3 is 11.1 Å². The van der Waals surface area contributed by atoms with Gasteiger partial charge in [-0.1, -0.05) is 31.2 Å². The largest absolute Gasteiger partial charge is 0.382 e. The number of nitrogens with zero attached hydrogens (tertiary/aromatic N) is 2. The normalized spacial score (nSPS) is 10.6. The second-order valence-corrected chi connectivity index (χ2v) is 4.79. The molecule has 0 unspecified atom stereocenters. The molecular formula is C16H22N4. The molecule has 0 spiro atoms. The maximum Gasteiger partial charge on any atom is 0.128 e.